The normalized spacial score (nSPS) is 19.4. The maximum Gasteiger partial charge on any atom is 0.107 e. The third-order valence-corrected chi connectivity index (χ3v) is 3.88. The second-order valence-electron chi connectivity index (χ2n) is 5.49. The molecule has 1 saturated heterocycles. The van der Waals surface area contributed by atoms with Gasteiger partial charge in [0.15, 0.2) is 0 Å². The Hall–Kier alpha value is -0.0800. The van der Waals surface area contributed by atoms with E-state index >= 15 is 0 Å². The van der Waals surface area contributed by atoms with Crippen molar-refractivity contribution in [2.45, 2.75) is 83.8 Å². The lowest BCUT2D eigenvalue weighted by Crippen LogP contribution is -2.39. The van der Waals surface area contributed by atoms with E-state index in [1.807, 2.05) is 0 Å². The van der Waals surface area contributed by atoms with Gasteiger partial charge in [-0.3, -0.25) is 4.90 Å². The van der Waals surface area contributed by atoms with E-state index in [-0.39, 0.29) is 6.23 Å². The number of likely N-dealkylation sites (tertiary alicyclic amines) is 1. The first kappa shape index (κ1) is 15.0. The van der Waals surface area contributed by atoms with Crippen molar-refractivity contribution in [1.82, 2.24) is 4.90 Å². The molecule has 0 radical (unpaired) electrons. The summed E-state index contributed by atoms with van der Waals surface area (Å²) >= 11 is 0. The van der Waals surface area contributed by atoms with E-state index in [9.17, 15) is 5.11 Å². The molecule has 1 atom stereocenters. The van der Waals surface area contributed by atoms with Crippen LogP contribution in [0.15, 0.2) is 0 Å². The Morgan fingerprint density at radius 3 is 2.12 bits per heavy atom. The smallest absolute Gasteiger partial charge is 0.107 e. The molecule has 0 spiro atoms. The zero-order valence-electron chi connectivity index (χ0n) is 11.7. The van der Waals surface area contributed by atoms with Gasteiger partial charge in [-0.05, 0) is 25.7 Å². The largest absolute Gasteiger partial charge is 0.378 e. The van der Waals surface area contributed by atoms with Gasteiger partial charge in [-0.1, -0.05) is 51.9 Å². The van der Waals surface area contributed by atoms with Crippen molar-refractivity contribution in [2.24, 2.45) is 0 Å². The fraction of sp³-hybridized carbons (Fsp3) is 1.00. The van der Waals surface area contributed by atoms with Gasteiger partial charge in [0.1, 0.15) is 6.23 Å². The Balaban J connectivity index is 1.90. The molecular weight excluding hydrogens is 210 g/mol. The lowest BCUT2D eigenvalue weighted by Gasteiger charge is -2.31. The second-order valence-corrected chi connectivity index (χ2v) is 5.49. The number of nitrogens with zero attached hydrogens (tertiary/aromatic N) is 1. The molecule has 102 valence electrons. The highest BCUT2D eigenvalue weighted by Crippen LogP contribution is 2.15. The number of aliphatic hydroxyl groups is 1. The molecule has 1 rings (SSSR count). The van der Waals surface area contributed by atoms with Gasteiger partial charge < -0.3 is 5.11 Å². The quantitative estimate of drug-likeness (QED) is 0.618. The van der Waals surface area contributed by atoms with E-state index in [1.165, 1.54) is 64.2 Å². The van der Waals surface area contributed by atoms with Crippen LogP contribution in [0, 0.1) is 0 Å². The fourth-order valence-electron chi connectivity index (χ4n) is 2.68. The minimum absolute atomic E-state index is 0.161. The van der Waals surface area contributed by atoms with Gasteiger partial charge in [-0.25, -0.2) is 0 Å². The maximum absolute atomic E-state index is 10.0. The summed E-state index contributed by atoms with van der Waals surface area (Å²) in [7, 11) is 0. The van der Waals surface area contributed by atoms with Gasteiger partial charge in [0, 0.05) is 13.1 Å². The van der Waals surface area contributed by atoms with E-state index in [4.69, 9.17) is 0 Å². The van der Waals surface area contributed by atoms with Crippen molar-refractivity contribution in [3.63, 3.8) is 0 Å². The van der Waals surface area contributed by atoms with E-state index in [2.05, 4.69) is 11.8 Å². The van der Waals surface area contributed by atoms with Crippen LogP contribution in [0.5, 0.6) is 0 Å². The minimum atomic E-state index is -0.161. The highest BCUT2D eigenvalue weighted by molar-refractivity contribution is 4.67. The number of aliphatic hydroxyl groups excluding tert-OH is 1. The predicted octanol–water partition coefficient (Wildman–Crippen LogP) is 3.93. The number of rotatable bonds is 9. The van der Waals surface area contributed by atoms with E-state index < -0.39 is 0 Å². The molecule has 1 aliphatic rings. The van der Waals surface area contributed by atoms with Gasteiger partial charge in [-0.15, -0.1) is 0 Å². The predicted molar refractivity (Wildman–Crippen MR) is 74.0 cm³/mol. The highest BCUT2D eigenvalue weighted by Gasteiger charge is 2.17. The molecule has 1 N–H and O–H groups in total. The first-order valence-electron chi connectivity index (χ1n) is 7.76. The number of piperidine rings is 1. The summed E-state index contributed by atoms with van der Waals surface area (Å²) in [6.45, 7) is 4.48. The Morgan fingerprint density at radius 1 is 0.882 bits per heavy atom. The molecule has 1 fully saturated rings. The fourth-order valence-corrected chi connectivity index (χ4v) is 2.68. The molecule has 1 heterocycles. The minimum Gasteiger partial charge on any atom is -0.378 e. The lowest BCUT2D eigenvalue weighted by molar-refractivity contribution is -0.0148. The van der Waals surface area contributed by atoms with Crippen LogP contribution in [0.2, 0.25) is 0 Å². The summed E-state index contributed by atoms with van der Waals surface area (Å²) in [5.41, 5.74) is 0. The van der Waals surface area contributed by atoms with E-state index in [0.29, 0.717) is 0 Å². The maximum atomic E-state index is 10.0. The van der Waals surface area contributed by atoms with Crippen molar-refractivity contribution >= 4 is 0 Å². The lowest BCUT2D eigenvalue weighted by atomic mass is 10.1. The summed E-state index contributed by atoms with van der Waals surface area (Å²) in [5, 5.41) is 10.0. The van der Waals surface area contributed by atoms with Crippen LogP contribution in [-0.4, -0.2) is 29.3 Å². The van der Waals surface area contributed by atoms with Gasteiger partial charge in [0.2, 0.25) is 0 Å². The third kappa shape index (κ3) is 7.05. The van der Waals surface area contributed by atoms with Crippen LogP contribution in [0.1, 0.15) is 77.6 Å². The van der Waals surface area contributed by atoms with Crippen LogP contribution in [0.4, 0.5) is 0 Å². The number of hydrogen-bond donors (Lipinski definition) is 1. The van der Waals surface area contributed by atoms with Crippen LogP contribution < -0.4 is 0 Å². The summed E-state index contributed by atoms with van der Waals surface area (Å²) < 4.78 is 0. The van der Waals surface area contributed by atoms with E-state index in [0.717, 1.165) is 19.5 Å². The zero-order chi connectivity index (χ0) is 12.3. The molecule has 1 aliphatic heterocycles. The van der Waals surface area contributed by atoms with Crippen molar-refractivity contribution in [2.75, 3.05) is 13.1 Å². The van der Waals surface area contributed by atoms with Gasteiger partial charge >= 0.3 is 0 Å². The molecule has 17 heavy (non-hydrogen) atoms. The highest BCUT2D eigenvalue weighted by atomic mass is 16.3. The molecule has 0 bridgehead atoms. The molecule has 1 unspecified atom stereocenters. The van der Waals surface area contributed by atoms with Crippen LogP contribution in [0.3, 0.4) is 0 Å². The summed E-state index contributed by atoms with van der Waals surface area (Å²) in [5.74, 6) is 0. The molecular formula is C15H31NO. The van der Waals surface area contributed by atoms with Crippen LogP contribution in [-0.2, 0) is 0 Å². The van der Waals surface area contributed by atoms with Crippen molar-refractivity contribution in [1.29, 1.82) is 0 Å². The standard InChI is InChI=1S/C15H31NO/c1-2-3-4-5-6-7-9-12-15(17)16-13-10-8-11-14-16/h15,17H,2-14H2,1H3. The van der Waals surface area contributed by atoms with Crippen molar-refractivity contribution in [3.05, 3.63) is 0 Å². The van der Waals surface area contributed by atoms with Crippen LogP contribution >= 0.6 is 0 Å². The molecule has 0 aromatic carbocycles. The summed E-state index contributed by atoms with van der Waals surface area (Å²) in [6.07, 6.45) is 14.1. The molecule has 0 aromatic heterocycles. The first-order valence-corrected chi connectivity index (χ1v) is 7.76. The number of unbranched alkanes of at least 4 members (excludes halogenated alkanes) is 6. The molecule has 0 aliphatic carbocycles. The summed E-state index contributed by atoms with van der Waals surface area (Å²) in [4.78, 5) is 2.26. The SMILES string of the molecule is CCCCCCCCCC(O)N1CCCCC1. The monoisotopic (exact) mass is 241 g/mol. The Kier molecular flexibility index (Phi) is 8.72. The van der Waals surface area contributed by atoms with Crippen molar-refractivity contribution < 1.29 is 5.11 Å². The van der Waals surface area contributed by atoms with Crippen molar-refractivity contribution in [3.8, 4) is 0 Å². The number of hydrogen-bond acceptors (Lipinski definition) is 2. The van der Waals surface area contributed by atoms with Gasteiger partial charge in [-0.2, -0.15) is 0 Å². The first-order chi connectivity index (χ1) is 8.34. The second kappa shape index (κ2) is 9.90. The molecule has 0 aromatic rings. The molecule has 2 heteroatoms. The average Bonchev–Trinajstić information content (AvgIpc) is 2.38. The molecule has 2 nitrogen and oxygen atoms in total. The Bertz CT molecular complexity index is 166. The Morgan fingerprint density at radius 2 is 1.47 bits per heavy atom. The van der Waals surface area contributed by atoms with Gasteiger partial charge in [0.25, 0.3) is 0 Å². The third-order valence-electron chi connectivity index (χ3n) is 3.88. The average molecular weight is 241 g/mol. The molecule has 0 amide bonds. The van der Waals surface area contributed by atoms with E-state index in [1.54, 1.807) is 0 Å². The Labute approximate surface area is 107 Å². The summed E-state index contributed by atoms with van der Waals surface area (Å²) in [6, 6.07) is 0. The molecule has 0 saturated carbocycles. The zero-order valence-corrected chi connectivity index (χ0v) is 11.7. The topological polar surface area (TPSA) is 23.5 Å². The van der Waals surface area contributed by atoms with Gasteiger partial charge in [0.05, 0.1) is 0 Å². The van der Waals surface area contributed by atoms with Crippen LogP contribution in [0.25, 0.3) is 0 Å².